The second-order valence-corrected chi connectivity index (χ2v) is 8.76. The first-order chi connectivity index (χ1) is 18.4. The van der Waals surface area contributed by atoms with E-state index in [1.807, 2.05) is 0 Å². The van der Waals surface area contributed by atoms with Crippen LogP contribution in [0, 0.1) is 0 Å². The van der Waals surface area contributed by atoms with Gasteiger partial charge in [0.15, 0.2) is 11.5 Å². The zero-order chi connectivity index (χ0) is 27.2. The van der Waals surface area contributed by atoms with Crippen LogP contribution < -0.4 is 24.0 Å². The number of carbonyl (C=O) groups excluding carboxylic acids is 2. The summed E-state index contributed by atoms with van der Waals surface area (Å²) in [5.74, 6) is 1.41. The zero-order valence-corrected chi connectivity index (χ0v) is 22.2. The molecule has 0 bridgehead atoms. The summed E-state index contributed by atoms with van der Waals surface area (Å²) in [6.45, 7) is 0. The zero-order valence-electron chi connectivity index (χ0n) is 21.4. The summed E-state index contributed by atoms with van der Waals surface area (Å²) in [5.41, 5.74) is 1.79. The van der Waals surface area contributed by atoms with Crippen molar-refractivity contribution in [2.45, 2.75) is 12.5 Å². The van der Waals surface area contributed by atoms with Gasteiger partial charge in [-0.05, 0) is 72.8 Å². The number of anilines is 1. The number of hydrogen-bond donors (Lipinski definition) is 0. The van der Waals surface area contributed by atoms with E-state index in [9.17, 15) is 9.59 Å². The van der Waals surface area contributed by atoms with E-state index in [0.29, 0.717) is 44.8 Å². The third-order valence-corrected chi connectivity index (χ3v) is 6.37. The first-order valence-corrected chi connectivity index (χ1v) is 12.1. The van der Waals surface area contributed by atoms with E-state index in [2.05, 4.69) is 5.10 Å². The van der Waals surface area contributed by atoms with Crippen LogP contribution >= 0.6 is 11.6 Å². The minimum absolute atomic E-state index is 0.00690. The van der Waals surface area contributed by atoms with Crippen molar-refractivity contribution in [3.63, 3.8) is 0 Å². The summed E-state index contributed by atoms with van der Waals surface area (Å²) in [6, 6.07) is 17.0. The average Bonchev–Trinajstić information content (AvgIpc) is 2.95. The normalized spacial score (nSPS) is 15.3. The van der Waals surface area contributed by atoms with Crippen molar-refractivity contribution in [3.05, 3.63) is 82.9 Å². The molecule has 3 aromatic rings. The lowest BCUT2D eigenvalue weighted by atomic mass is 9.94. The van der Waals surface area contributed by atoms with Crippen LogP contribution in [0.1, 0.15) is 23.6 Å². The Bertz CT molecular complexity index is 1400. The second kappa shape index (κ2) is 11.8. The molecule has 0 N–H and O–H groups in total. The largest absolute Gasteiger partial charge is 0.497 e. The van der Waals surface area contributed by atoms with E-state index in [4.69, 9.17) is 30.5 Å². The van der Waals surface area contributed by atoms with Crippen molar-refractivity contribution in [3.8, 4) is 23.0 Å². The standard InChI is InChI=1S/C29H27ClN2O6/c1-35-21-10-13-27(37-3)18(15-21)5-12-25(33)29-26(34)17-24(23-16-22(36-2)11-14-28(23)38-4)32(31-29)20-8-6-19(30)7-9-20/h5-16,24H,17H2,1-4H3/b12-5+/t24-/m0/s1. The van der Waals surface area contributed by atoms with E-state index in [1.165, 1.54) is 13.2 Å². The van der Waals surface area contributed by atoms with Crippen molar-refractivity contribution in [2.75, 3.05) is 33.4 Å². The lowest BCUT2D eigenvalue weighted by Crippen LogP contribution is -2.38. The number of rotatable bonds is 9. The van der Waals surface area contributed by atoms with Crippen molar-refractivity contribution in [1.82, 2.24) is 0 Å². The van der Waals surface area contributed by atoms with Crippen LogP contribution in [-0.4, -0.2) is 45.7 Å². The minimum atomic E-state index is -0.548. The summed E-state index contributed by atoms with van der Waals surface area (Å²) in [4.78, 5) is 26.5. The van der Waals surface area contributed by atoms with E-state index >= 15 is 0 Å². The fourth-order valence-electron chi connectivity index (χ4n) is 4.17. The molecule has 38 heavy (non-hydrogen) atoms. The maximum Gasteiger partial charge on any atom is 0.209 e. The first kappa shape index (κ1) is 26.8. The van der Waals surface area contributed by atoms with E-state index in [-0.39, 0.29) is 12.1 Å². The van der Waals surface area contributed by atoms with Gasteiger partial charge in [-0.1, -0.05) is 11.6 Å². The number of allylic oxidation sites excluding steroid dienone is 1. The topological polar surface area (TPSA) is 86.7 Å². The Morgan fingerprint density at radius 3 is 2.16 bits per heavy atom. The van der Waals surface area contributed by atoms with Gasteiger partial charge in [-0.15, -0.1) is 0 Å². The van der Waals surface area contributed by atoms with Gasteiger partial charge < -0.3 is 18.9 Å². The van der Waals surface area contributed by atoms with Gasteiger partial charge in [0.2, 0.25) is 5.78 Å². The predicted molar refractivity (Wildman–Crippen MR) is 147 cm³/mol. The van der Waals surface area contributed by atoms with Crippen LogP contribution in [0.3, 0.4) is 0 Å². The number of hydrogen-bond acceptors (Lipinski definition) is 8. The fraction of sp³-hybridized carbons (Fsp3) is 0.207. The number of hydrazone groups is 1. The molecule has 3 aromatic carbocycles. The molecule has 1 aliphatic heterocycles. The molecule has 0 amide bonds. The van der Waals surface area contributed by atoms with Crippen molar-refractivity contribution in [1.29, 1.82) is 0 Å². The lowest BCUT2D eigenvalue weighted by Gasteiger charge is -2.34. The molecule has 8 nitrogen and oxygen atoms in total. The van der Waals surface area contributed by atoms with Crippen LogP contribution in [0.25, 0.3) is 6.08 Å². The van der Waals surface area contributed by atoms with Crippen LogP contribution in [0.4, 0.5) is 5.69 Å². The summed E-state index contributed by atoms with van der Waals surface area (Å²) in [5, 5.41) is 6.73. The molecular formula is C29H27ClN2O6. The smallest absolute Gasteiger partial charge is 0.209 e. The number of ketones is 2. The van der Waals surface area contributed by atoms with Crippen LogP contribution in [-0.2, 0) is 9.59 Å². The van der Waals surface area contributed by atoms with Gasteiger partial charge in [-0.3, -0.25) is 14.6 Å². The number of benzene rings is 3. The molecule has 0 aliphatic carbocycles. The summed E-state index contributed by atoms with van der Waals surface area (Å²) >= 11 is 6.11. The maximum absolute atomic E-state index is 13.3. The van der Waals surface area contributed by atoms with E-state index in [0.717, 1.165) is 0 Å². The van der Waals surface area contributed by atoms with Crippen LogP contribution in [0.2, 0.25) is 5.02 Å². The van der Waals surface area contributed by atoms with Gasteiger partial charge in [-0.2, -0.15) is 5.10 Å². The predicted octanol–water partition coefficient (Wildman–Crippen LogP) is 5.53. The molecule has 1 heterocycles. The quantitative estimate of drug-likeness (QED) is 0.333. The highest BCUT2D eigenvalue weighted by Crippen LogP contribution is 2.40. The number of nitrogens with zero attached hydrogens (tertiary/aromatic N) is 2. The van der Waals surface area contributed by atoms with Gasteiger partial charge in [0, 0.05) is 22.6 Å². The molecule has 1 aliphatic rings. The van der Waals surface area contributed by atoms with Gasteiger partial charge in [0.1, 0.15) is 23.0 Å². The highest BCUT2D eigenvalue weighted by Gasteiger charge is 2.35. The van der Waals surface area contributed by atoms with Crippen molar-refractivity contribution >= 4 is 40.6 Å². The molecule has 1 atom stereocenters. The summed E-state index contributed by atoms with van der Waals surface area (Å²) < 4.78 is 21.6. The molecule has 0 unspecified atom stereocenters. The van der Waals surface area contributed by atoms with Gasteiger partial charge in [0.05, 0.1) is 40.2 Å². The van der Waals surface area contributed by atoms with Crippen LogP contribution in [0.5, 0.6) is 23.0 Å². The third kappa shape index (κ3) is 5.65. The molecule has 4 rings (SSSR count). The maximum atomic E-state index is 13.3. The molecule has 196 valence electrons. The van der Waals surface area contributed by atoms with Gasteiger partial charge >= 0.3 is 0 Å². The number of halogens is 1. The number of ether oxygens (including phenoxy) is 4. The van der Waals surface area contributed by atoms with Gasteiger partial charge in [-0.25, -0.2) is 0 Å². The molecule has 0 radical (unpaired) electrons. The van der Waals surface area contributed by atoms with Crippen molar-refractivity contribution < 1.29 is 28.5 Å². The Hall–Kier alpha value is -4.30. The molecule has 0 fully saturated rings. The Morgan fingerprint density at radius 2 is 1.53 bits per heavy atom. The lowest BCUT2D eigenvalue weighted by molar-refractivity contribution is -0.115. The van der Waals surface area contributed by atoms with Gasteiger partial charge in [0.25, 0.3) is 0 Å². The van der Waals surface area contributed by atoms with Crippen LogP contribution in [0.15, 0.2) is 71.8 Å². The average molecular weight is 535 g/mol. The highest BCUT2D eigenvalue weighted by atomic mass is 35.5. The summed E-state index contributed by atoms with van der Waals surface area (Å²) in [7, 11) is 6.20. The van der Waals surface area contributed by atoms with E-state index in [1.54, 1.807) is 93.1 Å². The SMILES string of the molecule is COc1ccc(OC)c(/C=C/C(=O)C2=NN(c3ccc(Cl)cc3)[C@H](c3cc(OC)ccc3OC)CC2=O)c1. The molecular weight excluding hydrogens is 508 g/mol. The second-order valence-electron chi connectivity index (χ2n) is 8.33. The number of Topliss-reactive ketones (excluding diaryl/α,β-unsaturated/α-hetero) is 1. The molecule has 0 aromatic heterocycles. The third-order valence-electron chi connectivity index (χ3n) is 6.12. The highest BCUT2D eigenvalue weighted by molar-refractivity contribution is 6.68. The van der Waals surface area contributed by atoms with Crippen molar-refractivity contribution in [2.24, 2.45) is 5.10 Å². The minimum Gasteiger partial charge on any atom is -0.497 e. The Balaban J connectivity index is 1.76. The Morgan fingerprint density at radius 1 is 0.895 bits per heavy atom. The number of carbonyl (C=O) groups is 2. The monoisotopic (exact) mass is 534 g/mol. The van der Waals surface area contributed by atoms with E-state index < -0.39 is 17.6 Å². The summed E-state index contributed by atoms with van der Waals surface area (Å²) in [6.07, 6.45) is 2.87. The Labute approximate surface area is 226 Å². The number of methoxy groups -OCH3 is 4. The molecule has 0 saturated heterocycles. The fourth-order valence-corrected chi connectivity index (χ4v) is 4.29. The molecule has 9 heteroatoms. The first-order valence-electron chi connectivity index (χ1n) is 11.7. The Kier molecular flexibility index (Phi) is 8.33. The molecule has 0 spiro atoms. The molecule has 0 saturated carbocycles.